The van der Waals surface area contributed by atoms with Crippen LogP contribution in [0.4, 0.5) is 4.79 Å². The lowest BCUT2D eigenvalue weighted by molar-refractivity contribution is -0.173. The number of fused-ring (bicyclic) bond motifs is 1. The number of nitrogens with one attached hydrogen (secondary N) is 2. The summed E-state index contributed by atoms with van der Waals surface area (Å²) < 4.78 is 15.8. The molecule has 0 radical (unpaired) electrons. The molecule has 2 heterocycles. The van der Waals surface area contributed by atoms with Gasteiger partial charge in [-0.2, -0.15) is 0 Å². The molecule has 1 saturated heterocycles. The van der Waals surface area contributed by atoms with Crippen molar-refractivity contribution in [1.29, 1.82) is 0 Å². The smallest absolute Gasteiger partial charge is 0.408 e. The summed E-state index contributed by atoms with van der Waals surface area (Å²) in [5.74, 6) is -2.19. The first-order valence-corrected chi connectivity index (χ1v) is 14.0. The molecule has 0 bridgehead atoms. The summed E-state index contributed by atoms with van der Waals surface area (Å²) in [5.41, 5.74) is -1.07. The maximum Gasteiger partial charge on any atom is 0.408 e. The number of halogens is 1. The third-order valence-corrected chi connectivity index (χ3v) is 7.77. The van der Waals surface area contributed by atoms with Crippen LogP contribution in [0.3, 0.4) is 0 Å². The lowest BCUT2D eigenvalue weighted by Crippen LogP contribution is -2.71. The average Bonchev–Trinajstić information content (AvgIpc) is 2.84. The molecule has 1 aromatic carbocycles. The van der Waals surface area contributed by atoms with Gasteiger partial charge in [-0.15, -0.1) is 11.8 Å². The van der Waals surface area contributed by atoms with Crippen molar-refractivity contribution in [1.82, 2.24) is 15.5 Å². The van der Waals surface area contributed by atoms with Crippen LogP contribution in [0.5, 0.6) is 0 Å². The maximum atomic E-state index is 13.3. The number of amides is 3. The van der Waals surface area contributed by atoms with Crippen LogP contribution in [0.15, 0.2) is 40.5 Å². The fourth-order valence-electron chi connectivity index (χ4n) is 3.60. The standard InChI is InChI=1S/C26H32BrN3O8S/c1-25(2,3)23(34)37-13-36-22(33)18-15(27)12-39-21-17(20(32)30(18)21)28-19(31)16(14-10-8-7-9-11-14)29-24(35)38-26(4,5)6/h7-11,16-17,21H,12-13H2,1-6H3,(H,28,31)(H,29,35)/t16?,17?,21-/m0/s1. The molecular weight excluding hydrogens is 594 g/mol. The van der Waals surface area contributed by atoms with Gasteiger partial charge in [0, 0.05) is 10.2 Å². The van der Waals surface area contributed by atoms with Crippen LogP contribution in [-0.2, 0) is 33.4 Å². The Hall–Kier alpha value is -3.06. The van der Waals surface area contributed by atoms with E-state index in [1.165, 1.54) is 16.7 Å². The molecule has 1 aromatic rings. The van der Waals surface area contributed by atoms with Gasteiger partial charge in [0.25, 0.3) is 5.91 Å². The van der Waals surface area contributed by atoms with E-state index < -0.39 is 65.1 Å². The minimum Gasteiger partial charge on any atom is -0.444 e. The minimum atomic E-state index is -1.12. The third kappa shape index (κ3) is 7.53. The Bertz CT molecular complexity index is 1180. The van der Waals surface area contributed by atoms with Crippen LogP contribution in [0.2, 0.25) is 0 Å². The second-order valence-corrected chi connectivity index (χ2v) is 12.9. The number of hydrogen-bond donors (Lipinski definition) is 2. The molecule has 1 fully saturated rings. The SMILES string of the molecule is CC(C)(C)OC(=O)NC(C(=O)NC1C(=O)N2C(C(=O)OCOC(=O)C(C)(C)C)=C(Br)CS[C@@H]12)c1ccccc1. The van der Waals surface area contributed by atoms with Gasteiger partial charge in [-0.1, -0.05) is 46.3 Å². The van der Waals surface area contributed by atoms with Gasteiger partial charge in [0.05, 0.1) is 5.41 Å². The molecule has 0 spiro atoms. The molecule has 39 heavy (non-hydrogen) atoms. The number of alkyl carbamates (subject to hydrolysis) is 1. The van der Waals surface area contributed by atoms with Crippen molar-refractivity contribution in [2.24, 2.45) is 5.41 Å². The largest absolute Gasteiger partial charge is 0.444 e. The minimum absolute atomic E-state index is 0.0208. The summed E-state index contributed by atoms with van der Waals surface area (Å²) in [4.78, 5) is 64.8. The highest BCUT2D eigenvalue weighted by atomic mass is 79.9. The van der Waals surface area contributed by atoms with Crippen molar-refractivity contribution in [3.63, 3.8) is 0 Å². The Balaban J connectivity index is 1.69. The Morgan fingerprint density at radius 3 is 2.31 bits per heavy atom. The second kappa shape index (κ2) is 12.0. The zero-order chi connectivity index (χ0) is 29.1. The molecule has 2 aliphatic heterocycles. The van der Waals surface area contributed by atoms with E-state index in [1.807, 2.05) is 0 Å². The fourth-order valence-corrected chi connectivity index (χ4v) is 5.54. The van der Waals surface area contributed by atoms with E-state index in [0.717, 1.165) is 0 Å². The highest BCUT2D eigenvalue weighted by Crippen LogP contribution is 2.42. The van der Waals surface area contributed by atoms with E-state index in [1.54, 1.807) is 71.9 Å². The molecule has 0 aliphatic carbocycles. The van der Waals surface area contributed by atoms with Crippen LogP contribution in [-0.4, -0.2) is 64.3 Å². The zero-order valence-electron chi connectivity index (χ0n) is 22.5. The number of esters is 2. The molecule has 11 nitrogen and oxygen atoms in total. The lowest BCUT2D eigenvalue weighted by Gasteiger charge is -2.49. The van der Waals surface area contributed by atoms with Crippen LogP contribution in [0.1, 0.15) is 53.1 Å². The molecular formula is C26H32BrN3O8S. The van der Waals surface area contributed by atoms with Crippen LogP contribution in [0.25, 0.3) is 0 Å². The van der Waals surface area contributed by atoms with E-state index in [0.29, 0.717) is 15.8 Å². The van der Waals surface area contributed by atoms with Crippen molar-refractivity contribution in [3.05, 3.63) is 46.1 Å². The summed E-state index contributed by atoms with van der Waals surface area (Å²) in [6.45, 7) is 9.50. The number of rotatable bonds is 7. The average molecular weight is 627 g/mol. The molecule has 3 amide bonds. The van der Waals surface area contributed by atoms with Gasteiger partial charge in [-0.05, 0) is 47.1 Å². The molecule has 2 unspecified atom stereocenters. The molecule has 3 atom stereocenters. The summed E-state index contributed by atoms with van der Waals surface area (Å²) >= 11 is 4.66. The van der Waals surface area contributed by atoms with Crippen molar-refractivity contribution in [2.45, 2.75) is 64.6 Å². The summed E-state index contributed by atoms with van der Waals surface area (Å²) in [5, 5.41) is 4.69. The number of β-lactam (4-membered cyclic amide) rings is 1. The number of thioether (sulfide) groups is 1. The number of carbonyl (C=O) groups is 5. The molecule has 3 rings (SSSR count). The van der Waals surface area contributed by atoms with Gasteiger partial charge < -0.3 is 24.8 Å². The third-order valence-electron chi connectivity index (χ3n) is 5.46. The Morgan fingerprint density at radius 2 is 1.72 bits per heavy atom. The van der Waals surface area contributed by atoms with Crippen LogP contribution in [0, 0.1) is 5.41 Å². The van der Waals surface area contributed by atoms with Crippen LogP contribution >= 0.6 is 27.7 Å². The normalized spacial score (nSPS) is 19.8. The zero-order valence-corrected chi connectivity index (χ0v) is 24.9. The van der Waals surface area contributed by atoms with E-state index in [-0.39, 0.29) is 5.70 Å². The molecule has 0 aromatic heterocycles. The number of carbonyl (C=O) groups excluding carboxylic acids is 5. The molecule has 0 saturated carbocycles. The topological polar surface area (TPSA) is 140 Å². The van der Waals surface area contributed by atoms with Gasteiger partial charge in [0.15, 0.2) is 0 Å². The van der Waals surface area contributed by atoms with Crippen molar-refractivity contribution in [2.75, 3.05) is 12.5 Å². The van der Waals surface area contributed by atoms with E-state index >= 15 is 0 Å². The second-order valence-electron chi connectivity index (χ2n) is 10.9. The first-order chi connectivity index (χ1) is 18.1. The molecule has 2 aliphatic rings. The Labute approximate surface area is 239 Å². The summed E-state index contributed by atoms with van der Waals surface area (Å²) in [7, 11) is 0. The number of benzene rings is 1. The highest BCUT2D eigenvalue weighted by Gasteiger charge is 2.54. The lowest BCUT2D eigenvalue weighted by atomic mass is 9.98. The maximum absolute atomic E-state index is 13.3. The monoisotopic (exact) mass is 625 g/mol. The number of ether oxygens (including phenoxy) is 3. The first kappa shape index (κ1) is 30.5. The van der Waals surface area contributed by atoms with E-state index in [2.05, 4.69) is 26.6 Å². The van der Waals surface area contributed by atoms with Gasteiger partial charge in [-0.3, -0.25) is 19.3 Å². The van der Waals surface area contributed by atoms with E-state index in [9.17, 15) is 24.0 Å². The highest BCUT2D eigenvalue weighted by molar-refractivity contribution is 9.11. The van der Waals surface area contributed by atoms with Crippen molar-refractivity contribution < 1.29 is 38.2 Å². The van der Waals surface area contributed by atoms with Crippen molar-refractivity contribution >= 4 is 57.5 Å². The quantitative estimate of drug-likeness (QED) is 0.265. The van der Waals surface area contributed by atoms with Crippen LogP contribution < -0.4 is 10.6 Å². The summed E-state index contributed by atoms with van der Waals surface area (Å²) in [6.07, 6.45) is -0.788. The number of hydrogen-bond acceptors (Lipinski definition) is 9. The van der Waals surface area contributed by atoms with Crippen molar-refractivity contribution in [3.8, 4) is 0 Å². The van der Waals surface area contributed by atoms with E-state index in [4.69, 9.17) is 14.2 Å². The van der Waals surface area contributed by atoms with Gasteiger partial charge in [0.2, 0.25) is 12.7 Å². The summed E-state index contributed by atoms with van der Waals surface area (Å²) in [6, 6.07) is 6.49. The van der Waals surface area contributed by atoms with Gasteiger partial charge in [0.1, 0.15) is 28.8 Å². The predicted octanol–water partition coefficient (Wildman–Crippen LogP) is 3.35. The fraction of sp³-hybridized carbons (Fsp3) is 0.500. The predicted molar refractivity (Wildman–Crippen MR) is 146 cm³/mol. The molecule has 2 N–H and O–H groups in total. The molecule has 212 valence electrons. The Morgan fingerprint density at radius 1 is 1.08 bits per heavy atom. The van der Waals surface area contributed by atoms with Gasteiger partial charge >= 0.3 is 18.0 Å². The first-order valence-electron chi connectivity index (χ1n) is 12.1. The number of nitrogens with zero attached hydrogens (tertiary/aromatic N) is 1. The molecule has 13 heteroatoms. The van der Waals surface area contributed by atoms with Gasteiger partial charge in [-0.25, -0.2) is 9.59 Å². The Kier molecular flexibility index (Phi) is 9.37.